The summed E-state index contributed by atoms with van der Waals surface area (Å²) in [5.41, 5.74) is 0.975. The van der Waals surface area contributed by atoms with E-state index in [0.29, 0.717) is 16.1 Å². The zero-order valence-corrected chi connectivity index (χ0v) is 8.62. The number of aryl methyl sites for hydroxylation is 1. The number of hydrogen-bond donors (Lipinski definition) is 0. The van der Waals surface area contributed by atoms with Crippen LogP contribution in [0.25, 0.3) is 0 Å². The zero-order valence-electron chi connectivity index (χ0n) is 7.86. The summed E-state index contributed by atoms with van der Waals surface area (Å²) in [7, 11) is 0. The van der Waals surface area contributed by atoms with Crippen LogP contribution in [0.5, 0.6) is 0 Å². The summed E-state index contributed by atoms with van der Waals surface area (Å²) in [6, 6.07) is 4.38. The minimum atomic E-state index is -4.77. The number of alkyl halides is 3. The maximum atomic E-state index is 11.9. The number of hydrogen-bond acceptors (Lipinski definition) is 1. The van der Waals surface area contributed by atoms with E-state index in [0.717, 1.165) is 0 Å². The van der Waals surface area contributed by atoms with Crippen LogP contribution in [0.2, 0.25) is 5.02 Å². The van der Waals surface area contributed by atoms with E-state index >= 15 is 0 Å². The van der Waals surface area contributed by atoms with Gasteiger partial charge in [-0.2, -0.15) is 13.2 Å². The lowest BCUT2D eigenvalue weighted by Gasteiger charge is -2.06. The Balaban J connectivity index is 2.83. The molecule has 0 heterocycles. The molecule has 1 aromatic rings. The molecule has 1 rings (SSSR count). The van der Waals surface area contributed by atoms with Crippen molar-refractivity contribution in [2.24, 2.45) is 0 Å². The molecule has 1 aromatic carbocycles. The Morgan fingerprint density at radius 1 is 1.40 bits per heavy atom. The number of carbonyl (C=O) groups excluding carboxylic acids is 1. The fourth-order valence-corrected chi connectivity index (χ4v) is 1.22. The molecule has 0 bridgehead atoms. The molecule has 0 spiro atoms. The van der Waals surface area contributed by atoms with Crippen LogP contribution in [-0.2, 0) is 11.2 Å². The standard InChI is InChI=1S/C10H8ClF3O/c1-6-4-7(2-3-8(6)11)5-9(15)10(12,13)14/h2-4H,5H2,1H3. The topological polar surface area (TPSA) is 17.1 Å². The molecule has 0 aliphatic carbocycles. The second-order valence-electron chi connectivity index (χ2n) is 3.18. The van der Waals surface area contributed by atoms with Crippen LogP contribution in [0.3, 0.4) is 0 Å². The summed E-state index contributed by atoms with van der Waals surface area (Å²) >= 11 is 5.70. The van der Waals surface area contributed by atoms with Gasteiger partial charge in [0.25, 0.3) is 0 Å². The molecule has 0 aliphatic heterocycles. The fraction of sp³-hybridized carbons (Fsp3) is 0.300. The van der Waals surface area contributed by atoms with Gasteiger partial charge in [0, 0.05) is 11.4 Å². The first-order valence-corrected chi connectivity index (χ1v) is 4.53. The minimum Gasteiger partial charge on any atom is -0.289 e. The van der Waals surface area contributed by atoms with E-state index in [-0.39, 0.29) is 0 Å². The molecule has 0 amide bonds. The highest BCUT2D eigenvalue weighted by atomic mass is 35.5. The molecule has 0 atom stereocenters. The SMILES string of the molecule is Cc1cc(CC(=O)C(F)(F)F)ccc1Cl. The first kappa shape index (κ1) is 12.0. The lowest BCUT2D eigenvalue weighted by atomic mass is 10.1. The monoisotopic (exact) mass is 236 g/mol. The van der Waals surface area contributed by atoms with E-state index in [4.69, 9.17) is 11.6 Å². The largest absolute Gasteiger partial charge is 0.450 e. The number of benzene rings is 1. The summed E-state index contributed by atoms with van der Waals surface area (Å²) in [5.74, 6) is -1.75. The van der Waals surface area contributed by atoms with Gasteiger partial charge >= 0.3 is 6.18 Å². The molecule has 0 aliphatic rings. The Kier molecular flexibility index (Phi) is 3.39. The van der Waals surface area contributed by atoms with Crippen LogP contribution in [0.4, 0.5) is 13.2 Å². The minimum absolute atomic E-state index is 0.319. The smallest absolute Gasteiger partial charge is 0.289 e. The molecule has 0 fully saturated rings. The maximum Gasteiger partial charge on any atom is 0.450 e. The molecule has 0 unspecified atom stereocenters. The van der Waals surface area contributed by atoms with Gasteiger partial charge in [-0.15, -0.1) is 0 Å². The summed E-state index contributed by atoms with van der Waals surface area (Å²) < 4.78 is 35.8. The highest BCUT2D eigenvalue weighted by Gasteiger charge is 2.37. The van der Waals surface area contributed by atoms with Gasteiger partial charge in [0.05, 0.1) is 0 Å². The Morgan fingerprint density at radius 2 is 2.00 bits per heavy atom. The summed E-state index contributed by atoms with van der Waals surface area (Å²) in [4.78, 5) is 10.7. The van der Waals surface area contributed by atoms with E-state index in [1.807, 2.05) is 0 Å². The quantitative estimate of drug-likeness (QED) is 0.770. The average molecular weight is 237 g/mol. The maximum absolute atomic E-state index is 11.9. The van der Waals surface area contributed by atoms with E-state index in [2.05, 4.69) is 0 Å². The third-order valence-corrected chi connectivity index (χ3v) is 2.33. The third kappa shape index (κ3) is 3.23. The van der Waals surface area contributed by atoms with Gasteiger partial charge in [0.1, 0.15) is 0 Å². The van der Waals surface area contributed by atoms with E-state index in [1.165, 1.54) is 18.2 Å². The van der Waals surface area contributed by atoms with E-state index in [9.17, 15) is 18.0 Å². The first-order chi connectivity index (χ1) is 6.80. The molecule has 0 saturated carbocycles. The average Bonchev–Trinajstić information content (AvgIpc) is 2.10. The normalized spacial score (nSPS) is 11.5. The van der Waals surface area contributed by atoms with E-state index in [1.54, 1.807) is 6.92 Å². The van der Waals surface area contributed by atoms with Crippen LogP contribution in [0, 0.1) is 6.92 Å². The van der Waals surface area contributed by atoms with Crippen molar-refractivity contribution in [2.75, 3.05) is 0 Å². The number of carbonyl (C=O) groups is 1. The van der Waals surface area contributed by atoms with Gasteiger partial charge < -0.3 is 0 Å². The highest BCUT2D eigenvalue weighted by Crippen LogP contribution is 2.21. The van der Waals surface area contributed by atoms with Crippen molar-refractivity contribution < 1.29 is 18.0 Å². The molecule has 0 N–H and O–H groups in total. The summed E-state index contributed by atoms with van der Waals surface area (Å²) in [6.07, 6.45) is -5.41. The lowest BCUT2D eigenvalue weighted by Crippen LogP contribution is -2.24. The molecular weight excluding hydrogens is 229 g/mol. The van der Waals surface area contributed by atoms with Crippen molar-refractivity contribution in [3.05, 3.63) is 34.3 Å². The molecule has 0 saturated heterocycles. The van der Waals surface area contributed by atoms with Gasteiger partial charge in [-0.25, -0.2) is 0 Å². The van der Waals surface area contributed by atoms with Crippen LogP contribution in [-0.4, -0.2) is 12.0 Å². The Labute approximate surface area is 89.9 Å². The van der Waals surface area contributed by atoms with Gasteiger partial charge in [-0.3, -0.25) is 4.79 Å². The van der Waals surface area contributed by atoms with Gasteiger partial charge in [0.15, 0.2) is 0 Å². The number of halogens is 4. The fourth-order valence-electron chi connectivity index (χ4n) is 1.10. The van der Waals surface area contributed by atoms with Crippen molar-refractivity contribution in [1.29, 1.82) is 0 Å². The molecule has 0 aromatic heterocycles. The van der Waals surface area contributed by atoms with Crippen LogP contribution < -0.4 is 0 Å². The van der Waals surface area contributed by atoms with Gasteiger partial charge in [-0.05, 0) is 24.1 Å². The first-order valence-electron chi connectivity index (χ1n) is 4.16. The Hall–Kier alpha value is -1.03. The van der Waals surface area contributed by atoms with Crippen LogP contribution >= 0.6 is 11.6 Å². The van der Waals surface area contributed by atoms with Crippen molar-refractivity contribution in [2.45, 2.75) is 19.5 Å². The van der Waals surface area contributed by atoms with Gasteiger partial charge in [-0.1, -0.05) is 23.7 Å². The van der Waals surface area contributed by atoms with Crippen molar-refractivity contribution in [1.82, 2.24) is 0 Å². The summed E-state index contributed by atoms with van der Waals surface area (Å²) in [6.45, 7) is 1.67. The highest BCUT2D eigenvalue weighted by molar-refractivity contribution is 6.31. The van der Waals surface area contributed by atoms with E-state index < -0.39 is 18.4 Å². The predicted molar refractivity (Wildman–Crippen MR) is 51.0 cm³/mol. The van der Waals surface area contributed by atoms with Crippen LogP contribution in [0.1, 0.15) is 11.1 Å². The van der Waals surface area contributed by atoms with Crippen molar-refractivity contribution in [3.63, 3.8) is 0 Å². The third-order valence-electron chi connectivity index (χ3n) is 1.90. The molecule has 1 nitrogen and oxygen atoms in total. The van der Waals surface area contributed by atoms with Crippen LogP contribution in [0.15, 0.2) is 18.2 Å². The second-order valence-corrected chi connectivity index (χ2v) is 3.59. The number of rotatable bonds is 2. The van der Waals surface area contributed by atoms with Crippen molar-refractivity contribution >= 4 is 17.4 Å². The Morgan fingerprint density at radius 3 is 2.47 bits per heavy atom. The number of ketones is 1. The summed E-state index contributed by atoms with van der Waals surface area (Å²) in [5, 5.41) is 0.471. The lowest BCUT2D eigenvalue weighted by molar-refractivity contribution is -0.170. The Bertz CT molecular complexity index is 385. The number of Topliss-reactive ketones (excluding diaryl/α,β-unsaturated/α-hetero) is 1. The zero-order chi connectivity index (χ0) is 11.6. The van der Waals surface area contributed by atoms with Crippen molar-refractivity contribution in [3.8, 4) is 0 Å². The predicted octanol–water partition coefficient (Wildman–Crippen LogP) is 3.32. The molecule has 5 heteroatoms. The molecule has 82 valence electrons. The molecular formula is C10H8ClF3O. The second kappa shape index (κ2) is 4.23. The molecule has 15 heavy (non-hydrogen) atoms. The molecule has 0 radical (unpaired) electrons. The van der Waals surface area contributed by atoms with Gasteiger partial charge in [0.2, 0.25) is 5.78 Å².